The van der Waals surface area contributed by atoms with E-state index in [2.05, 4.69) is 45.9 Å². The summed E-state index contributed by atoms with van der Waals surface area (Å²) < 4.78 is 5.91. The Morgan fingerprint density at radius 1 is 1.27 bits per heavy atom. The van der Waals surface area contributed by atoms with Gasteiger partial charge in [-0.2, -0.15) is 0 Å². The molecular weight excluding hydrogens is 326 g/mol. The van der Waals surface area contributed by atoms with Gasteiger partial charge >= 0.3 is 0 Å². The van der Waals surface area contributed by atoms with Crippen molar-refractivity contribution in [3.05, 3.63) is 59.0 Å². The normalized spacial score (nSPS) is 16.5. The van der Waals surface area contributed by atoms with Crippen LogP contribution in [-0.4, -0.2) is 38.0 Å². The Morgan fingerprint density at radius 3 is 2.85 bits per heavy atom. The van der Waals surface area contributed by atoms with Gasteiger partial charge in [-0.3, -0.25) is 4.79 Å². The number of hydrogen-bond acceptors (Lipinski definition) is 4. The smallest absolute Gasteiger partial charge is 0.228 e. The number of nitrogens with one attached hydrogen (secondary N) is 2. The van der Waals surface area contributed by atoms with E-state index < -0.39 is 0 Å². The summed E-state index contributed by atoms with van der Waals surface area (Å²) in [4.78, 5) is 14.7. The lowest BCUT2D eigenvalue weighted by Gasteiger charge is -2.21. The quantitative estimate of drug-likeness (QED) is 0.715. The number of furan rings is 1. The summed E-state index contributed by atoms with van der Waals surface area (Å²) in [6.07, 6.45) is 3.13. The van der Waals surface area contributed by atoms with Gasteiger partial charge in [-0.25, -0.2) is 0 Å². The van der Waals surface area contributed by atoms with Crippen molar-refractivity contribution < 1.29 is 9.21 Å². The third-order valence-corrected chi connectivity index (χ3v) is 4.73. The zero-order chi connectivity index (χ0) is 18.4. The minimum atomic E-state index is -0.160. The van der Waals surface area contributed by atoms with Crippen LogP contribution in [0.15, 0.2) is 40.8 Å². The van der Waals surface area contributed by atoms with Crippen molar-refractivity contribution in [2.75, 3.05) is 27.2 Å². The highest BCUT2D eigenvalue weighted by atomic mass is 16.3. The molecule has 140 valence electrons. The van der Waals surface area contributed by atoms with Crippen molar-refractivity contribution in [1.29, 1.82) is 0 Å². The third-order valence-electron chi connectivity index (χ3n) is 4.73. The summed E-state index contributed by atoms with van der Waals surface area (Å²) in [5.41, 5.74) is 2.40. The maximum Gasteiger partial charge on any atom is 0.228 e. The first-order chi connectivity index (χ1) is 12.6. The number of fused-ring (bicyclic) bond motifs is 1. The van der Waals surface area contributed by atoms with E-state index in [9.17, 15) is 4.79 Å². The number of amides is 1. The van der Waals surface area contributed by atoms with E-state index in [1.165, 1.54) is 5.56 Å². The van der Waals surface area contributed by atoms with E-state index in [1.54, 1.807) is 0 Å². The molecule has 1 aliphatic heterocycles. The van der Waals surface area contributed by atoms with Crippen LogP contribution in [0.5, 0.6) is 0 Å². The number of unbranched alkanes of at least 4 members (excludes halogenated alkanes) is 1. The van der Waals surface area contributed by atoms with Gasteiger partial charge in [-0.1, -0.05) is 30.3 Å². The Morgan fingerprint density at radius 2 is 2.08 bits per heavy atom. The fraction of sp³-hybridized carbons (Fsp3) is 0.476. The van der Waals surface area contributed by atoms with Gasteiger partial charge in [-0.05, 0) is 45.0 Å². The van der Waals surface area contributed by atoms with E-state index in [0.717, 1.165) is 49.4 Å². The Balaban J connectivity index is 1.47. The monoisotopic (exact) mass is 355 g/mol. The Labute approximate surface area is 155 Å². The average molecular weight is 355 g/mol. The second-order valence-corrected chi connectivity index (χ2v) is 7.25. The van der Waals surface area contributed by atoms with Crippen LogP contribution in [0.3, 0.4) is 0 Å². The zero-order valence-corrected chi connectivity index (χ0v) is 15.8. The molecule has 2 N–H and O–H groups in total. The van der Waals surface area contributed by atoms with E-state index in [1.807, 2.05) is 20.2 Å². The lowest BCUT2D eigenvalue weighted by molar-refractivity contribution is -0.122. The molecule has 5 heteroatoms. The number of aryl methyl sites for hydroxylation is 1. The number of hydrogen-bond donors (Lipinski definition) is 2. The van der Waals surface area contributed by atoms with Gasteiger partial charge in [0.1, 0.15) is 11.5 Å². The van der Waals surface area contributed by atoms with Crippen LogP contribution in [0.1, 0.15) is 41.4 Å². The minimum Gasteiger partial charge on any atom is -0.463 e. The highest BCUT2D eigenvalue weighted by Crippen LogP contribution is 2.28. The van der Waals surface area contributed by atoms with Crippen molar-refractivity contribution in [3.8, 4) is 0 Å². The standard InChI is InChI=1S/C21H29N3O2/c1-24(2)15-17-12-18-19(13-22-14-20(18)26-17)21(25)23-11-7-6-10-16-8-4-3-5-9-16/h3-5,8-9,12,19,22H,6-7,10-11,13-15H2,1-2H3,(H,23,25). The Bertz CT molecular complexity index is 709. The van der Waals surface area contributed by atoms with Gasteiger partial charge in [0.05, 0.1) is 19.0 Å². The third kappa shape index (κ3) is 4.96. The van der Waals surface area contributed by atoms with E-state index >= 15 is 0 Å². The van der Waals surface area contributed by atoms with Crippen molar-refractivity contribution in [1.82, 2.24) is 15.5 Å². The van der Waals surface area contributed by atoms with E-state index in [4.69, 9.17) is 4.42 Å². The minimum absolute atomic E-state index is 0.0929. The lowest BCUT2D eigenvalue weighted by atomic mass is 9.95. The molecule has 3 rings (SSSR count). The van der Waals surface area contributed by atoms with Gasteiger partial charge in [0.2, 0.25) is 5.91 Å². The molecule has 1 aromatic heterocycles. The van der Waals surface area contributed by atoms with Crippen molar-refractivity contribution in [2.24, 2.45) is 0 Å². The molecule has 1 aliphatic rings. The molecule has 0 spiro atoms. The summed E-state index contributed by atoms with van der Waals surface area (Å²) >= 11 is 0. The van der Waals surface area contributed by atoms with Crippen LogP contribution in [0.25, 0.3) is 0 Å². The number of carbonyl (C=O) groups is 1. The number of carbonyl (C=O) groups excluding carboxylic acids is 1. The van der Waals surface area contributed by atoms with Crippen LogP contribution >= 0.6 is 0 Å². The molecule has 0 saturated carbocycles. The molecular formula is C21H29N3O2. The molecule has 1 amide bonds. The fourth-order valence-electron chi connectivity index (χ4n) is 3.43. The van der Waals surface area contributed by atoms with Crippen molar-refractivity contribution in [2.45, 2.75) is 38.3 Å². The largest absolute Gasteiger partial charge is 0.463 e. The first kappa shape index (κ1) is 18.7. The summed E-state index contributed by atoms with van der Waals surface area (Å²) in [6, 6.07) is 12.5. The summed E-state index contributed by atoms with van der Waals surface area (Å²) in [5.74, 6) is 1.75. The summed E-state index contributed by atoms with van der Waals surface area (Å²) in [6.45, 7) is 2.84. The van der Waals surface area contributed by atoms with Gasteiger partial charge in [-0.15, -0.1) is 0 Å². The predicted octanol–water partition coefficient (Wildman–Crippen LogP) is 2.67. The second kappa shape index (κ2) is 9.01. The van der Waals surface area contributed by atoms with Gasteiger partial charge in [0, 0.05) is 18.7 Å². The van der Waals surface area contributed by atoms with E-state index in [-0.39, 0.29) is 11.8 Å². The molecule has 1 atom stereocenters. The first-order valence-corrected chi connectivity index (χ1v) is 9.42. The molecule has 5 nitrogen and oxygen atoms in total. The molecule has 0 bridgehead atoms. The number of nitrogens with zero attached hydrogens (tertiary/aromatic N) is 1. The molecule has 1 aromatic carbocycles. The molecule has 0 radical (unpaired) electrons. The Kier molecular flexibility index (Phi) is 6.47. The SMILES string of the molecule is CN(C)Cc1cc2c(o1)CNCC2C(=O)NCCCCc1ccccc1. The predicted molar refractivity (Wildman–Crippen MR) is 103 cm³/mol. The summed E-state index contributed by atoms with van der Waals surface area (Å²) in [7, 11) is 4.03. The lowest BCUT2D eigenvalue weighted by Crippen LogP contribution is -2.38. The second-order valence-electron chi connectivity index (χ2n) is 7.25. The zero-order valence-electron chi connectivity index (χ0n) is 15.8. The number of benzene rings is 1. The topological polar surface area (TPSA) is 57.5 Å². The van der Waals surface area contributed by atoms with Crippen molar-refractivity contribution >= 4 is 5.91 Å². The van der Waals surface area contributed by atoms with Crippen LogP contribution in [0.4, 0.5) is 0 Å². The number of rotatable bonds is 8. The van der Waals surface area contributed by atoms with Crippen LogP contribution in [0, 0.1) is 0 Å². The molecule has 0 aliphatic carbocycles. The Hall–Kier alpha value is -2.11. The molecule has 2 heterocycles. The maximum atomic E-state index is 12.6. The van der Waals surface area contributed by atoms with Gasteiger partial charge in [0.25, 0.3) is 0 Å². The summed E-state index contributed by atoms with van der Waals surface area (Å²) in [5, 5.41) is 6.39. The molecule has 1 unspecified atom stereocenters. The molecule has 0 fully saturated rings. The fourth-order valence-corrected chi connectivity index (χ4v) is 3.43. The molecule has 0 saturated heterocycles. The van der Waals surface area contributed by atoms with Gasteiger partial charge < -0.3 is 20.0 Å². The first-order valence-electron chi connectivity index (χ1n) is 9.42. The van der Waals surface area contributed by atoms with Gasteiger partial charge in [0.15, 0.2) is 0 Å². The van der Waals surface area contributed by atoms with Crippen LogP contribution < -0.4 is 10.6 Å². The van der Waals surface area contributed by atoms with Crippen LogP contribution in [0.2, 0.25) is 0 Å². The van der Waals surface area contributed by atoms with Crippen molar-refractivity contribution in [3.63, 3.8) is 0 Å². The molecule has 2 aromatic rings. The highest BCUT2D eigenvalue weighted by molar-refractivity contribution is 5.84. The highest BCUT2D eigenvalue weighted by Gasteiger charge is 2.29. The molecule has 26 heavy (non-hydrogen) atoms. The maximum absolute atomic E-state index is 12.6. The van der Waals surface area contributed by atoms with Crippen LogP contribution in [-0.2, 0) is 24.3 Å². The average Bonchev–Trinajstić information content (AvgIpc) is 3.03. The van der Waals surface area contributed by atoms with E-state index in [0.29, 0.717) is 13.1 Å².